The highest BCUT2D eigenvalue weighted by molar-refractivity contribution is 5.88. The van der Waals surface area contributed by atoms with Gasteiger partial charge in [0.2, 0.25) is 5.91 Å². The molecule has 0 unspecified atom stereocenters. The molecule has 2 aromatic rings. The predicted octanol–water partition coefficient (Wildman–Crippen LogP) is 3.45. The van der Waals surface area contributed by atoms with E-state index in [0.29, 0.717) is 0 Å². The molecule has 0 bridgehead atoms. The number of carbonyl (C=O) groups excluding carboxylic acids is 1. The molecule has 1 heterocycles. The van der Waals surface area contributed by atoms with Crippen LogP contribution in [-0.2, 0) is 16.6 Å². The minimum absolute atomic E-state index is 0.194. The molecule has 1 amide bonds. The van der Waals surface area contributed by atoms with Crippen molar-refractivity contribution in [3.05, 3.63) is 71.8 Å². The van der Waals surface area contributed by atoms with Gasteiger partial charge in [-0.15, -0.1) is 0 Å². The zero-order chi connectivity index (χ0) is 17.4. The van der Waals surface area contributed by atoms with Crippen molar-refractivity contribution in [1.82, 2.24) is 10.6 Å². The highest BCUT2D eigenvalue weighted by atomic mass is 16.2. The Labute approximate surface area is 150 Å². The molecule has 25 heavy (non-hydrogen) atoms. The zero-order valence-corrected chi connectivity index (χ0v) is 14.8. The summed E-state index contributed by atoms with van der Waals surface area (Å²) in [6.45, 7) is 2.56. The topological polar surface area (TPSA) is 41.1 Å². The van der Waals surface area contributed by atoms with Crippen LogP contribution in [0.2, 0.25) is 0 Å². The van der Waals surface area contributed by atoms with Crippen LogP contribution in [0.15, 0.2) is 60.7 Å². The van der Waals surface area contributed by atoms with Crippen molar-refractivity contribution >= 4 is 5.91 Å². The third-order valence-corrected chi connectivity index (χ3v) is 5.24. The molecule has 0 saturated carbocycles. The van der Waals surface area contributed by atoms with E-state index in [9.17, 15) is 4.79 Å². The number of piperidine rings is 1. The normalized spacial score (nSPS) is 16.3. The maximum Gasteiger partial charge on any atom is 0.230 e. The van der Waals surface area contributed by atoms with Gasteiger partial charge in [0, 0.05) is 6.54 Å². The quantitative estimate of drug-likeness (QED) is 0.761. The lowest BCUT2D eigenvalue weighted by molar-refractivity contribution is -0.127. The molecule has 0 aliphatic carbocycles. The lowest BCUT2D eigenvalue weighted by Crippen LogP contribution is -2.50. The van der Waals surface area contributed by atoms with Gasteiger partial charge in [-0.25, -0.2) is 0 Å². The molecule has 1 fully saturated rings. The number of rotatable bonds is 7. The van der Waals surface area contributed by atoms with E-state index in [4.69, 9.17) is 0 Å². The molecule has 3 nitrogen and oxygen atoms in total. The van der Waals surface area contributed by atoms with Gasteiger partial charge in [-0.3, -0.25) is 4.79 Å². The first kappa shape index (κ1) is 17.7. The van der Waals surface area contributed by atoms with Crippen LogP contribution in [0.1, 0.15) is 36.8 Å². The minimum atomic E-state index is -0.369. The van der Waals surface area contributed by atoms with Crippen LogP contribution < -0.4 is 10.6 Å². The number of benzene rings is 2. The van der Waals surface area contributed by atoms with Crippen molar-refractivity contribution in [2.24, 2.45) is 0 Å². The van der Waals surface area contributed by atoms with Crippen LogP contribution in [0.25, 0.3) is 0 Å². The standard InChI is InChI=1S/C22H28N2O/c25-21(24-16-8-7-11-19-9-3-1-4-10-19)22(14-17-23-18-15-22)20-12-5-2-6-13-20/h1-6,9-10,12-13,23H,7-8,11,14-18H2,(H,24,25). The summed E-state index contributed by atoms with van der Waals surface area (Å²) >= 11 is 0. The van der Waals surface area contributed by atoms with Gasteiger partial charge in [0.1, 0.15) is 0 Å². The Bertz CT molecular complexity index is 648. The lowest BCUT2D eigenvalue weighted by atomic mass is 9.72. The number of amides is 1. The summed E-state index contributed by atoms with van der Waals surface area (Å²) in [5.41, 5.74) is 2.15. The van der Waals surface area contributed by atoms with Gasteiger partial charge < -0.3 is 10.6 Å². The van der Waals surface area contributed by atoms with E-state index < -0.39 is 0 Å². The van der Waals surface area contributed by atoms with Crippen LogP contribution in [0.3, 0.4) is 0 Å². The monoisotopic (exact) mass is 336 g/mol. The summed E-state index contributed by atoms with van der Waals surface area (Å²) in [6, 6.07) is 20.8. The SMILES string of the molecule is O=C(NCCCCc1ccccc1)C1(c2ccccc2)CCNCC1. The van der Waals surface area contributed by atoms with E-state index in [1.807, 2.05) is 24.3 Å². The number of unbranched alkanes of at least 4 members (excludes halogenated alkanes) is 1. The maximum atomic E-state index is 13.0. The smallest absolute Gasteiger partial charge is 0.230 e. The second-order valence-corrected chi connectivity index (χ2v) is 6.90. The second-order valence-electron chi connectivity index (χ2n) is 6.90. The molecular formula is C22H28N2O. The van der Waals surface area contributed by atoms with Crippen LogP contribution in [0.4, 0.5) is 0 Å². The van der Waals surface area contributed by atoms with Gasteiger partial charge in [0.15, 0.2) is 0 Å². The predicted molar refractivity (Wildman–Crippen MR) is 103 cm³/mol. The fraction of sp³-hybridized carbons (Fsp3) is 0.409. The average Bonchev–Trinajstić information content (AvgIpc) is 2.69. The van der Waals surface area contributed by atoms with Crippen LogP contribution >= 0.6 is 0 Å². The van der Waals surface area contributed by atoms with E-state index in [0.717, 1.165) is 57.3 Å². The molecule has 1 saturated heterocycles. The number of hydrogen-bond acceptors (Lipinski definition) is 2. The Balaban J connectivity index is 1.53. The first-order valence-corrected chi connectivity index (χ1v) is 9.40. The van der Waals surface area contributed by atoms with E-state index >= 15 is 0 Å². The highest BCUT2D eigenvalue weighted by Crippen LogP contribution is 2.33. The largest absolute Gasteiger partial charge is 0.355 e. The van der Waals surface area contributed by atoms with Crippen LogP contribution in [0.5, 0.6) is 0 Å². The third-order valence-electron chi connectivity index (χ3n) is 5.24. The summed E-state index contributed by atoms with van der Waals surface area (Å²) in [5, 5.41) is 6.59. The maximum absolute atomic E-state index is 13.0. The number of aryl methyl sites for hydroxylation is 1. The Kier molecular flexibility index (Phi) is 6.24. The summed E-state index contributed by atoms with van der Waals surface area (Å²) in [5.74, 6) is 0.194. The Hall–Kier alpha value is -2.13. The third kappa shape index (κ3) is 4.49. The van der Waals surface area contributed by atoms with Crippen molar-refractivity contribution in [2.75, 3.05) is 19.6 Å². The molecule has 2 aromatic carbocycles. The Morgan fingerprint density at radius 2 is 1.56 bits per heavy atom. The van der Waals surface area contributed by atoms with Gasteiger partial charge in [0.05, 0.1) is 5.41 Å². The minimum Gasteiger partial charge on any atom is -0.355 e. The Morgan fingerprint density at radius 1 is 0.920 bits per heavy atom. The Morgan fingerprint density at radius 3 is 2.24 bits per heavy atom. The van der Waals surface area contributed by atoms with Crippen LogP contribution in [-0.4, -0.2) is 25.5 Å². The van der Waals surface area contributed by atoms with Gasteiger partial charge in [-0.05, 0) is 56.3 Å². The fourth-order valence-corrected chi connectivity index (χ4v) is 3.73. The molecular weight excluding hydrogens is 308 g/mol. The van der Waals surface area contributed by atoms with Crippen LogP contribution in [0, 0.1) is 0 Å². The molecule has 0 aromatic heterocycles. The van der Waals surface area contributed by atoms with Crippen molar-refractivity contribution in [3.8, 4) is 0 Å². The van der Waals surface area contributed by atoms with E-state index in [1.54, 1.807) is 0 Å². The van der Waals surface area contributed by atoms with Crippen molar-refractivity contribution < 1.29 is 4.79 Å². The van der Waals surface area contributed by atoms with Gasteiger partial charge in [0.25, 0.3) is 0 Å². The first-order valence-electron chi connectivity index (χ1n) is 9.40. The number of hydrogen-bond donors (Lipinski definition) is 2. The molecule has 3 heteroatoms. The summed E-state index contributed by atoms with van der Waals surface area (Å²) in [4.78, 5) is 13.0. The van der Waals surface area contributed by atoms with E-state index in [-0.39, 0.29) is 11.3 Å². The molecule has 0 spiro atoms. The number of nitrogens with one attached hydrogen (secondary N) is 2. The van der Waals surface area contributed by atoms with Gasteiger partial charge >= 0.3 is 0 Å². The van der Waals surface area contributed by atoms with E-state index in [1.165, 1.54) is 5.56 Å². The van der Waals surface area contributed by atoms with Crippen molar-refractivity contribution in [3.63, 3.8) is 0 Å². The number of carbonyl (C=O) groups is 1. The summed E-state index contributed by atoms with van der Waals surface area (Å²) in [6.07, 6.45) is 4.93. The molecule has 3 rings (SSSR count). The van der Waals surface area contributed by atoms with Crippen molar-refractivity contribution in [1.29, 1.82) is 0 Å². The molecule has 1 aliphatic heterocycles. The lowest BCUT2D eigenvalue weighted by Gasteiger charge is -2.36. The fourth-order valence-electron chi connectivity index (χ4n) is 3.73. The van der Waals surface area contributed by atoms with Gasteiger partial charge in [-0.2, -0.15) is 0 Å². The molecule has 0 atom stereocenters. The second kappa shape index (κ2) is 8.82. The zero-order valence-electron chi connectivity index (χ0n) is 14.8. The molecule has 1 aliphatic rings. The van der Waals surface area contributed by atoms with Gasteiger partial charge in [-0.1, -0.05) is 60.7 Å². The van der Waals surface area contributed by atoms with Crippen molar-refractivity contribution in [2.45, 2.75) is 37.5 Å². The van der Waals surface area contributed by atoms with E-state index in [2.05, 4.69) is 47.0 Å². The highest BCUT2D eigenvalue weighted by Gasteiger charge is 2.40. The molecule has 0 radical (unpaired) electrons. The molecule has 2 N–H and O–H groups in total. The summed E-state index contributed by atoms with van der Waals surface area (Å²) < 4.78 is 0. The molecule has 132 valence electrons. The summed E-state index contributed by atoms with van der Waals surface area (Å²) in [7, 11) is 0. The first-order chi connectivity index (χ1) is 12.3. The average molecular weight is 336 g/mol.